The van der Waals surface area contributed by atoms with E-state index in [2.05, 4.69) is 15.0 Å². The van der Waals surface area contributed by atoms with Crippen molar-refractivity contribution in [1.29, 1.82) is 0 Å². The molecule has 2 heterocycles. The molecule has 0 radical (unpaired) electrons. The number of rotatable bonds is 4. The molecule has 8 heteroatoms. The molecule has 0 bridgehead atoms. The monoisotopic (exact) mass is 327 g/mol. The third kappa shape index (κ3) is 2.73. The highest BCUT2D eigenvalue weighted by molar-refractivity contribution is 5.82. The number of fused-ring (bicyclic) bond motifs is 1. The van der Waals surface area contributed by atoms with E-state index in [1.165, 1.54) is 4.57 Å². The van der Waals surface area contributed by atoms with Gasteiger partial charge in [0.15, 0.2) is 17.0 Å². The summed E-state index contributed by atoms with van der Waals surface area (Å²) >= 11 is 0. The van der Waals surface area contributed by atoms with Gasteiger partial charge in [0.2, 0.25) is 0 Å². The number of imidazole rings is 1. The normalized spacial score (nSPS) is 12.4. The van der Waals surface area contributed by atoms with Crippen LogP contribution in [-0.4, -0.2) is 35.7 Å². The molecular weight excluding hydrogens is 310 g/mol. The number of carboxylic acids is 1. The van der Waals surface area contributed by atoms with Crippen molar-refractivity contribution in [1.82, 2.24) is 19.5 Å². The van der Waals surface area contributed by atoms with Crippen LogP contribution in [0.25, 0.3) is 11.2 Å². The average Bonchev–Trinajstić information content (AvgIpc) is 2.84. The molecule has 0 aliphatic carbocycles. The van der Waals surface area contributed by atoms with Crippen molar-refractivity contribution in [3.63, 3.8) is 0 Å². The van der Waals surface area contributed by atoms with Crippen LogP contribution in [0.15, 0.2) is 24.3 Å². The fraction of sp³-hybridized carbons (Fsp3) is 0.250. The lowest BCUT2D eigenvalue weighted by atomic mass is 10.00. The van der Waals surface area contributed by atoms with E-state index in [4.69, 9.17) is 10.8 Å². The van der Waals surface area contributed by atoms with Gasteiger partial charge in [-0.2, -0.15) is 4.98 Å². The summed E-state index contributed by atoms with van der Waals surface area (Å²) in [6, 6.07) is 6.96. The van der Waals surface area contributed by atoms with Gasteiger partial charge in [-0.15, -0.1) is 0 Å². The van der Waals surface area contributed by atoms with E-state index in [9.17, 15) is 9.90 Å². The molecule has 2 aromatic heterocycles. The third-order valence-corrected chi connectivity index (χ3v) is 3.90. The quantitative estimate of drug-likeness (QED) is 0.665. The van der Waals surface area contributed by atoms with Crippen molar-refractivity contribution in [2.75, 3.05) is 5.73 Å². The summed E-state index contributed by atoms with van der Waals surface area (Å²) in [5.41, 5.74) is 8.23. The number of aliphatic carboxylic acids is 1. The van der Waals surface area contributed by atoms with Crippen LogP contribution in [-0.2, 0) is 11.3 Å². The molecule has 0 amide bonds. The molecule has 0 aliphatic heterocycles. The van der Waals surface area contributed by atoms with E-state index in [0.717, 1.165) is 5.56 Å². The zero-order valence-electron chi connectivity index (χ0n) is 13.3. The molecule has 3 aromatic rings. The Hall–Kier alpha value is -3.16. The molecule has 0 aliphatic rings. The summed E-state index contributed by atoms with van der Waals surface area (Å²) in [7, 11) is 0. The summed E-state index contributed by atoms with van der Waals surface area (Å²) < 4.78 is 1.54. The molecule has 1 atom stereocenters. The van der Waals surface area contributed by atoms with Crippen LogP contribution in [0, 0.1) is 6.92 Å². The van der Waals surface area contributed by atoms with Gasteiger partial charge in [0.25, 0.3) is 6.01 Å². The summed E-state index contributed by atoms with van der Waals surface area (Å²) in [6.07, 6.45) is 0. The van der Waals surface area contributed by atoms with Crippen LogP contribution in [0.1, 0.15) is 29.8 Å². The maximum Gasteiger partial charge on any atom is 0.310 e. The lowest BCUT2D eigenvalue weighted by Crippen LogP contribution is -2.07. The predicted molar refractivity (Wildman–Crippen MR) is 87.7 cm³/mol. The molecule has 0 spiro atoms. The second-order valence-electron chi connectivity index (χ2n) is 5.63. The van der Waals surface area contributed by atoms with Gasteiger partial charge in [-0.05, 0) is 25.0 Å². The standard InChI is InChI=1S/C16H17N5O3/c1-8(15(22)23)11-5-3-10(4-6-11)7-21-14-12(20-16(21)24)13(17)18-9(2)19-14/h3-6,8H,7H2,1-2H3,(H,20,24)(H,22,23)(H2,17,18,19). The van der Waals surface area contributed by atoms with Gasteiger partial charge < -0.3 is 15.9 Å². The minimum atomic E-state index is -0.872. The van der Waals surface area contributed by atoms with Gasteiger partial charge in [-0.1, -0.05) is 24.3 Å². The maximum atomic E-state index is 11.0. The Morgan fingerprint density at radius 3 is 2.54 bits per heavy atom. The number of aromatic nitrogens is 4. The molecular formula is C16H17N5O3. The van der Waals surface area contributed by atoms with Crippen LogP contribution in [0.2, 0.25) is 0 Å². The van der Waals surface area contributed by atoms with Gasteiger partial charge in [0.1, 0.15) is 5.82 Å². The van der Waals surface area contributed by atoms with Crippen molar-refractivity contribution < 1.29 is 15.0 Å². The van der Waals surface area contributed by atoms with Crippen molar-refractivity contribution in [2.24, 2.45) is 0 Å². The number of nitrogens with zero attached hydrogens (tertiary/aromatic N) is 4. The fourth-order valence-corrected chi connectivity index (χ4v) is 2.51. The Balaban J connectivity index is 1.95. The Morgan fingerprint density at radius 2 is 1.92 bits per heavy atom. The first kappa shape index (κ1) is 15.7. The second-order valence-corrected chi connectivity index (χ2v) is 5.63. The molecule has 1 unspecified atom stereocenters. The number of aromatic hydroxyl groups is 1. The Kier molecular flexibility index (Phi) is 3.80. The second kappa shape index (κ2) is 5.80. The van der Waals surface area contributed by atoms with E-state index in [0.29, 0.717) is 29.1 Å². The molecule has 3 rings (SSSR count). The molecule has 124 valence electrons. The first-order valence-corrected chi connectivity index (χ1v) is 7.37. The van der Waals surface area contributed by atoms with Gasteiger partial charge in [-0.25, -0.2) is 9.97 Å². The van der Waals surface area contributed by atoms with Crippen LogP contribution in [0.4, 0.5) is 5.82 Å². The number of hydrogen-bond donors (Lipinski definition) is 3. The van der Waals surface area contributed by atoms with Gasteiger partial charge in [-0.3, -0.25) is 9.36 Å². The number of benzene rings is 1. The fourth-order valence-electron chi connectivity index (χ4n) is 2.51. The minimum Gasteiger partial charge on any atom is -0.481 e. The number of nitrogens with two attached hydrogens (primary N) is 1. The number of anilines is 1. The summed E-state index contributed by atoms with van der Waals surface area (Å²) in [5, 5.41) is 19.1. The van der Waals surface area contributed by atoms with Crippen LogP contribution < -0.4 is 5.73 Å². The highest BCUT2D eigenvalue weighted by atomic mass is 16.4. The lowest BCUT2D eigenvalue weighted by molar-refractivity contribution is -0.138. The van der Waals surface area contributed by atoms with E-state index < -0.39 is 11.9 Å². The number of hydrogen-bond acceptors (Lipinski definition) is 6. The lowest BCUT2D eigenvalue weighted by Gasteiger charge is -2.09. The van der Waals surface area contributed by atoms with Crippen molar-refractivity contribution in [3.8, 4) is 6.01 Å². The Bertz CT molecular complexity index is 918. The summed E-state index contributed by atoms with van der Waals surface area (Å²) in [4.78, 5) is 23.4. The Labute approximate surface area is 137 Å². The van der Waals surface area contributed by atoms with Gasteiger partial charge in [0.05, 0.1) is 12.5 Å². The topological polar surface area (TPSA) is 127 Å². The smallest absolute Gasteiger partial charge is 0.310 e. The first-order chi connectivity index (χ1) is 11.4. The minimum absolute atomic E-state index is 0.195. The number of aryl methyl sites for hydroxylation is 1. The highest BCUT2D eigenvalue weighted by Gasteiger charge is 2.16. The SMILES string of the molecule is Cc1nc(N)c2nc(O)n(Cc3ccc(C(C)C(=O)O)cc3)c2n1. The van der Waals surface area contributed by atoms with Gasteiger partial charge >= 0.3 is 5.97 Å². The largest absolute Gasteiger partial charge is 0.481 e. The maximum absolute atomic E-state index is 11.0. The first-order valence-electron chi connectivity index (χ1n) is 7.37. The third-order valence-electron chi connectivity index (χ3n) is 3.90. The predicted octanol–water partition coefficient (Wildman–Crippen LogP) is 1.66. The van der Waals surface area contributed by atoms with Crippen molar-refractivity contribution in [2.45, 2.75) is 26.3 Å². The van der Waals surface area contributed by atoms with E-state index in [-0.39, 0.29) is 11.8 Å². The molecule has 4 N–H and O–H groups in total. The Morgan fingerprint density at radius 1 is 1.25 bits per heavy atom. The van der Waals surface area contributed by atoms with Crippen molar-refractivity contribution in [3.05, 3.63) is 41.2 Å². The van der Waals surface area contributed by atoms with Crippen LogP contribution in [0.5, 0.6) is 6.01 Å². The van der Waals surface area contributed by atoms with E-state index >= 15 is 0 Å². The summed E-state index contributed by atoms with van der Waals surface area (Å²) in [6.45, 7) is 3.68. The van der Waals surface area contributed by atoms with Crippen molar-refractivity contribution >= 4 is 23.0 Å². The zero-order chi connectivity index (χ0) is 17.4. The number of nitrogen functional groups attached to an aromatic ring is 1. The average molecular weight is 327 g/mol. The summed E-state index contributed by atoms with van der Waals surface area (Å²) in [5.74, 6) is -0.732. The van der Waals surface area contributed by atoms with Crippen LogP contribution >= 0.6 is 0 Å². The van der Waals surface area contributed by atoms with Gasteiger partial charge in [0, 0.05) is 0 Å². The molecule has 8 nitrogen and oxygen atoms in total. The molecule has 0 saturated carbocycles. The number of carbonyl (C=O) groups is 1. The van der Waals surface area contributed by atoms with E-state index in [1.54, 1.807) is 26.0 Å². The van der Waals surface area contributed by atoms with Crippen LogP contribution in [0.3, 0.4) is 0 Å². The highest BCUT2D eigenvalue weighted by Crippen LogP contribution is 2.24. The zero-order valence-corrected chi connectivity index (χ0v) is 13.3. The molecule has 1 aromatic carbocycles. The molecule has 0 fully saturated rings. The number of carboxylic acid groups (broad SMARTS) is 1. The molecule has 24 heavy (non-hydrogen) atoms. The van der Waals surface area contributed by atoms with E-state index in [1.807, 2.05) is 12.1 Å². The molecule has 0 saturated heterocycles.